The van der Waals surface area contributed by atoms with Crippen LogP contribution in [0.2, 0.25) is 10.0 Å². The number of aliphatic hydroxyl groups excluding tert-OH is 1. The Bertz CT molecular complexity index is 538. The molecule has 23 heavy (non-hydrogen) atoms. The number of hydrogen-bond donors (Lipinski definition) is 2. The van der Waals surface area contributed by atoms with Gasteiger partial charge in [-0.25, -0.2) is 4.79 Å². The van der Waals surface area contributed by atoms with Crippen molar-refractivity contribution in [3.8, 4) is 0 Å². The van der Waals surface area contributed by atoms with E-state index in [-0.39, 0.29) is 18.1 Å². The Balaban J connectivity index is 1.98. The van der Waals surface area contributed by atoms with E-state index in [4.69, 9.17) is 23.2 Å². The van der Waals surface area contributed by atoms with Crippen LogP contribution in [-0.2, 0) is 0 Å². The van der Waals surface area contributed by atoms with E-state index in [9.17, 15) is 9.90 Å². The molecule has 1 heterocycles. The van der Waals surface area contributed by atoms with Gasteiger partial charge in [-0.3, -0.25) is 0 Å². The lowest BCUT2D eigenvalue weighted by Crippen LogP contribution is -2.49. The number of anilines is 1. The van der Waals surface area contributed by atoms with Gasteiger partial charge in [0.25, 0.3) is 0 Å². The molecule has 1 aliphatic rings. The van der Waals surface area contributed by atoms with Gasteiger partial charge in [0.05, 0.1) is 22.3 Å². The summed E-state index contributed by atoms with van der Waals surface area (Å²) in [5, 5.41) is 13.4. The summed E-state index contributed by atoms with van der Waals surface area (Å²) < 4.78 is 0. The first kappa shape index (κ1) is 18.3. The molecular weight excluding hydrogens is 337 g/mol. The molecule has 1 aromatic rings. The topological polar surface area (TPSA) is 55.8 Å². The second-order valence-electron chi connectivity index (χ2n) is 6.41. The van der Waals surface area contributed by atoms with Crippen molar-refractivity contribution < 1.29 is 9.90 Å². The molecule has 0 unspecified atom stereocenters. The van der Waals surface area contributed by atoms with E-state index < -0.39 is 0 Å². The highest BCUT2D eigenvalue weighted by Gasteiger charge is 2.36. The molecule has 0 aliphatic carbocycles. The first-order valence-corrected chi connectivity index (χ1v) is 8.38. The van der Waals surface area contributed by atoms with Crippen LogP contribution >= 0.6 is 23.2 Å². The first-order chi connectivity index (χ1) is 10.9. The second kappa shape index (κ2) is 7.71. The number of amides is 2. The summed E-state index contributed by atoms with van der Waals surface area (Å²) >= 11 is 12.2. The summed E-state index contributed by atoms with van der Waals surface area (Å²) in [6, 6.07) is 4.90. The van der Waals surface area contributed by atoms with Crippen molar-refractivity contribution >= 4 is 34.9 Å². The van der Waals surface area contributed by atoms with Gasteiger partial charge in [-0.1, -0.05) is 29.3 Å². The van der Waals surface area contributed by atoms with Crippen LogP contribution < -0.4 is 5.32 Å². The third kappa shape index (κ3) is 4.51. The van der Waals surface area contributed by atoms with Crippen molar-refractivity contribution in [2.75, 3.05) is 45.7 Å². The molecule has 128 valence electrons. The molecule has 0 bridgehead atoms. The molecule has 0 aromatic heterocycles. The smallest absolute Gasteiger partial charge is 0.321 e. The van der Waals surface area contributed by atoms with Crippen molar-refractivity contribution in [2.24, 2.45) is 5.41 Å². The molecule has 0 spiro atoms. The molecule has 0 saturated carbocycles. The number of carbonyl (C=O) groups excluding carboxylic acids is 1. The van der Waals surface area contributed by atoms with Gasteiger partial charge >= 0.3 is 6.03 Å². The lowest BCUT2D eigenvalue weighted by Gasteiger charge is -2.42. The summed E-state index contributed by atoms with van der Waals surface area (Å²) in [6.45, 7) is 2.15. The van der Waals surface area contributed by atoms with Gasteiger partial charge in [-0.2, -0.15) is 0 Å². The van der Waals surface area contributed by atoms with Gasteiger partial charge in [0, 0.05) is 25.0 Å². The monoisotopic (exact) mass is 359 g/mol. The summed E-state index contributed by atoms with van der Waals surface area (Å²) in [5.74, 6) is 0. The van der Waals surface area contributed by atoms with Gasteiger partial charge in [0.15, 0.2) is 0 Å². The maximum Gasteiger partial charge on any atom is 0.321 e. The molecule has 0 atom stereocenters. The summed E-state index contributed by atoms with van der Waals surface area (Å²) in [7, 11) is 3.99. The molecule has 1 saturated heterocycles. The number of nitrogens with zero attached hydrogens (tertiary/aromatic N) is 2. The van der Waals surface area contributed by atoms with Gasteiger partial charge in [-0.15, -0.1) is 0 Å². The maximum absolute atomic E-state index is 12.4. The minimum Gasteiger partial charge on any atom is -0.396 e. The third-order valence-corrected chi connectivity index (χ3v) is 4.92. The van der Waals surface area contributed by atoms with Gasteiger partial charge in [-0.05, 0) is 39.1 Å². The summed E-state index contributed by atoms with van der Waals surface area (Å²) in [6.07, 6.45) is 1.54. The normalized spacial score (nSPS) is 17.4. The maximum atomic E-state index is 12.4. The van der Waals surface area contributed by atoms with E-state index >= 15 is 0 Å². The molecular formula is C16H23Cl2N3O2. The number of benzene rings is 1. The molecule has 2 N–H and O–H groups in total. The van der Waals surface area contributed by atoms with E-state index in [1.807, 2.05) is 14.1 Å². The fraction of sp³-hybridized carbons (Fsp3) is 0.562. The van der Waals surface area contributed by atoms with Crippen LogP contribution in [0.15, 0.2) is 18.2 Å². The average molecular weight is 360 g/mol. The molecule has 2 rings (SSSR count). The number of likely N-dealkylation sites (tertiary alicyclic amines) is 1. The first-order valence-electron chi connectivity index (χ1n) is 7.62. The fourth-order valence-electron chi connectivity index (χ4n) is 3.02. The van der Waals surface area contributed by atoms with E-state index in [1.54, 1.807) is 23.1 Å². The minimum atomic E-state index is -0.212. The van der Waals surface area contributed by atoms with Crippen LogP contribution in [0.1, 0.15) is 12.8 Å². The lowest BCUT2D eigenvalue weighted by molar-refractivity contribution is 0.0358. The molecule has 0 radical (unpaired) electrons. The molecule has 1 fully saturated rings. The highest BCUT2D eigenvalue weighted by Crippen LogP contribution is 2.33. The van der Waals surface area contributed by atoms with Gasteiger partial charge in [0.2, 0.25) is 0 Å². The van der Waals surface area contributed by atoms with Gasteiger partial charge in [0.1, 0.15) is 0 Å². The van der Waals surface area contributed by atoms with E-state index in [2.05, 4.69) is 10.2 Å². The van der Waals surface area contributed by atoms with Crippen LogP contribution in [0.4, 0.5) is 10.5 Å². The average Bonchev–Trinajstić information content (AvgIpc) is 2.51. The molecule has 5 nitrogen and oxygen atoms in total. The largest absolute Gasteiger partial charge is 0.396 e. The van der Waals surface area contributed by atoms with E-state index in [1.165, 1.54) is 0 Å². The third-order valence-electron chi connectivity index (χ3n) is 4.29. The van der Waals surface area contributed by atoms with Crippen LogP contribution in [0.25, 0.3) is 0 Å². The number of para-hydroxylation sites is 1. The Hall–Kier alpha value is -1.01. The number of piperidine rings is 1. The predicted octanol–water partition coefficient (Wildman–Crippen LogP) is 3.16. The highest BCUT2D eigenvalue weighted by atomic mass is 35.5. The molecule has 1 aliphatic heterocycles. The quantitative estimate of drug-likeness (QED) is 0.867. The molecule has 2 amide bonds. The lowest BCUT2D eigenvalue weighted by atomic mass is 9.79. The van der Waals surface area contributed by atoms with E-state index in [0.717, 1.165) is 19.4 Å². The van der Waals surface area contributed by atoms with Crippen LogP contribution in [0.3, 0.4) is 0 Å². The number of nitrogens with one attached hydrogen (secondary N) is 1. The predicted molar refractivity (Wildman–Crippen MR) is 94.4 cm³/mol. The van der Waals surface area contributed by atoms with Crippen molar-refractivity contribution in [3.63, 3.8) is 0 Å². The number of aliphatic hydroxyl groups is 1. The minimum absolute atomic E-state index is 0.136. The Morgan fingerprint density at radius 2 is 1.87 bits per heavy atom. The van der Waals surface area contributed by atoms with Crippen LogP contribution in [0, 0.1) is 5.41 Å². The van der Waals surface area contributed by atoms with E-state index in [0.29, 0.717) is 28.8 Å². The SMILES string of the molecule is CN(C)CC1(CO)CCN(C(=O)Nc2c(Cl)cccc2Cl)CC1. The number of rotatable bonds is 4. The Labute approximate surface area is 147 Å². The molecule has 7 heteroatoms. The summed E-state index contributed by atoms with van der Waals surface area (Å²) in [4.78, 5) is 16.2. The number of carbonyl (C=O) groups is 1. The van der Waals surface area contributed by atoms with Crippen molar-refractivity contribution in [1.82, 2.24) is 9.80 Å². The Morgan fingerprint density at radius 3 is 2.35 bits per heavy atom. The Morgan fingerprint density at radius 1 is 1.30 bits per heavy atom. The van der Waals surface area contributed by atoms with Crippen molar-refractivity contribution in [3.05, 3.63) is 28.2 Å². The number of urea groups is 1. The van der Waals surface area contributed by atoms with Crippen LogP contribution in [-0.4, -0.2) is 61.3 Å². The highest BCUT2D eigenvalue weighted by molar-refractivity contribution is 6.39. The standard InChI is InChI=1S/C16H23Cl2N3O2/c1-20(2)10-16(11-22)6-8-21(9-7-16)15(23)19-14-12(17)4-3-5-13(14)18/h3-5,22H,6-11H2,1-2H3,(H,19,23). The zero-order valence-corrected chi connectivity index (χ0v) is 15.0. The zero-order chi connectivity index (χ0) is 17.0. The van der Waals surface area contributed by atoms with Crippen molar-refractivity contribution in [2.45, 2.75) is 12.8 Å². The number of hydrogen-bond acceptors (Lipinski definition) is 3. The second-order valence-corrected chi connectivity index (χ2v) is 7.22. The Kier molecular flexibility index (Phi) is 6.14. The molecule has 1 aromatic carbocycles. The summed E-state index contributed by atoms with van der Waals surface area (Å²) in [5.41, 5.74) is 0.301. The number of halogens is 2. The fourth-order valence-corrected chi connectivity index (χ4v) is 3.52. The van der Waals surface area contributed by atoms with Crippen LogP contribution in [0.5, 0.6) is 0 Å². The van der Waals surface area contributed by atoms with Crippen molar-refractivity contribution in [1.29, 1.82) is 0 Å². The van der Waals surface area contributed by atoms with Gasteiger partial charge < -0.3 is 20.2 Å². The zero-order valence-electron chi connectivity index (χ0n) is 13.5.